The van der Waals surface area contributed by atoms with Gasteiger partial charge in [0.1, 0.15) is 12.4 Å². The zero-order valence-electron chi connectivity index (χ0n) is 15.9. The standard InChI is InChI=1S/C20H28N4OS/c1-4-17-8-10-18(11-9-17)25-15-19-22-23-20(24(19)14-16(2)3)26-13-7-5-6-12-21/h8-11,16H,4-7,13-15H2,1-3H3. The van der Waals surface area contributed by atoms with Gasteiger partial charge >= 0.3 is 0 Å². The van der Waals surface area contributed by atoms with Crippen molar-refractivity contribution in [1.29, 1.82) is 5.26 Å². The van der Waals surface area contributed by atoms with Crippen LogP contribution < -0.4 is 4.74 Å². The van der Waals surface area contributed by atoms with E-state index in [1.165, 1.54) is 5.56 Å². The number of rotatable bonds is 11. The first-order chi connectivity index (χ1) is 12.6. The summed E-state index contributed by atoms with van der Waals surface area (Å²) in [6.07, 6.45) is 3.60. The lowest BCUT2D eigenvalue weighted by Crippen LogP contribution is -2.12. The van der Waals surface area contributed by atoms with Gasteiger partial charge in [0.25, 0.3) is 0 Å². The fraction of sp³-hybridized carbons (Fsp3) is 0.550. The highest BCUT2D eigenvalue weighted by Crippen LogP contribution is 2.21. The Balaban J connectivity index is 1.98. The number of nitriles is 1. The number of nitrogens with zero attached hydrogens (tertiary/aromatic N) is 4. The molecule has 0 radical (unpaired) electrons. The highest BCUT2D eigenvalue weighted by molar-refractivity contribution is 7.99. The van der Waals surface area contributed by atoms with Gasteiger partial charge in [0.15, 0.2) is 11.0 Å². The van der Waals surface area contributed by atoms with Crippen LogP contribution in [0.3, 0.4) is 0 Å². The average Bonchev–Trinajstić information content (AvgIpc) is 3.01. The second-order valence-electron chi connectivity index (χ2n) is 6.65. The molecule has 0 amide bonds. The monoisotopic (exact) mass is 372 g/mol. The first-order valence-electron chi connectivity index (χ1n) is 9.27. The Morgan fingerprint density at radius 1 is 1.19 bits per heavy atom. The number of unbranched alkanes of at least 4 members (excludes halogenated alkanes) is 2. The third-order valence-electron chi connectivity index (χ3n) is 3.95. The fourth-order valence-electron chi connectivity index (χ4n) is 2.52. The molecule has 5 nitrogen and oxygen atoms in total. The maximum absolute atomic E-state index is 8.61. The van der Waals surface area contributed by atoms with Crippen LogP contribution in [0, 0.1) is 17.2 Å². The number of hydrogen-bond donors (Lipinski definition) is 0. The van der Waals surface area contributed by atoms with Crippen LogP contribution >= 0.6 is 11.8 Å². The van der Waals surface area contributed by atoms with Crippen molar-refractivity contribution in [2.75, 3.05) is 5.75 Å². The van der Waals surface area contributed by atoms with Crippen molar-refractivity contribution in [2.45, 2.75) is 64.8 Å². The van der Waals surface area contributed by atoms with E-state index in [9.17, 15) is 0 Å². The summed E-state index contributed by atoms with van der Waals surface area (Å²) >= 11 is 1.71. The van der Waals surface area contributed by atoms with E-state index in [0.29, 0.717) is 18.9 Å². The fourth-order valence-corrected chi connectivity index (χ4v) is 3.49. The van der Waals surface area contributed by atoms with Crippen LogP contribution in [-0.4, -0.2) is 20.5 Å². The minimum absolute atomic E-state index is 0.417. The van der Waals surface area contributed by atoms with Gasteiger partial charge in [-0.2, -0.15) is 5.26 Å². The van der Waals surface area contributed by atoms with Crippen LogP contribution in [0.4, 0.5) is 0 Å². The van der Waals surface area contributed by atoms with Gasteiger partial charge < -0.3 is 9.30 Å². The Bertz CT molecular complexity index is 704. The van der Waals surface area contributed by atoms with E-state index in [0.717, 1.165) is 48.3 Å². The highest BCUT2D eigenvalue weighted by atomic mass is 32.2. The van der Waals surface area contributed by atoms with Crippen molar-refractivity contribution in [3.63, 3.8) is 0 Å². The molecule has 0 bridgehead atoms. The molecule has 0 spiro atoms. The van der Waals surface area contributed by atoms with Crippen molar-refractivity contribution in [3.05, 3.63) is 35.7 Å². The molecule has 1 heterocycles. The normalized spacial score (nSPS) is 10.9. The maximum atomic E-state index is 8.61. The zero-order valence-corrected chi connectivity index (χ0v) is 16.8. The quantitative estimate of drug-likeness (QED) is 0.416. The summed E-state index contributed by atoms with van der Waals surface area (Å²) in [6.45, 7) is 7.82. The lowest BCUT2D eigenvalue weighted by molar-refractivity contribution is 0.284. The zero-order chi connectivity index (χ0) is 18.8. The molecule has 2 aromatic rings. The van der Waals surface area contributed by atoms with Gasteiger partial charge in [-0.3, -0.25) is 0 Å². The Morgan fingerprint density at radius 3 is 2.62 bits per heavy atom. The van der Waals surface area contributed by atoms with Gasteiger partial charge in [-0.15, -0.1) is 10.2 Å². The molecular formula is C20H28N4OS. The minimum Gasteiger partial charge on any atom is -0.486 e. The molecule has 0 atom stereocenters. The molecule has 0 unspecified atom stereocenters. The molecule has 6 heteroatoms. The van der Waals surface area contributed by atoms with Crippen LogP contribution in [-0.2, 0) is 19.6 Å². The van der Waals surface area contributed by atoms with Crippen molar-refractivity contribution in [3.8, 4) is 11.8 Å². The van der Waals surface area contributed by atoms with E-state index in [-0.39, 0.29) is 0 Å². The predicted molar refractivity (Wildman–Crippen MR) is 105 cm³/mol. The topological polar surface area (TPSA) is 63.7 Å². The summed E-state index contributed by atoms with van der Waals surface area (Å²) in [4.78, 5) is 0. The van der Waals surface area contributed by atoms with E-state index in [4.69, 9.17) is 10.00 Å². The van der Waals surface area contributed by atoms with Crippen LogP contribution in [0.5, 0.6) is 5.75 Å². The minimum atomic E-state index is 0.417. The highest BCUT2D eigenvalue weighted by Gasteiger charge is 2.14. The molecule has 2 rings (SSSR count). The third kappa shape index (κ3) is 6.38. The molecule has 1 aromatic heterocycles. The Labute approximate surface area is 160 Å². The van der Waals surface area contributed by atoms with Crippen LogP contribution in [0.15, 0.2) is 29.4 Å². The van der Waals surface area contributed by atoms with Gasteiger partial charge in [-0.25, -0.2) is 0 Å². The average molecular weight is 373 g/mol. The first-order valence-corrected chi connectivity index (χ1v) is 10.3. The van der Waals surface area contributed by atoms with Gasteiger partial charge in [0.2, 0.25) is 0 Å². The first kappa shape index (κ1) is 20.3. The third-order valence-corrected chi connectivity index (χ3v) is 5.01. The Kier molecular flexibility index (Phi) is 8.49. The number of benzene rings is 1. The van der Waals surface area contributed by atoms with E-state index < -0.39 is 0 Å². The largest absolute Gasteiger partial charge is 0.486 e. The van der Waals surface area contributed by atoms with E-state index >= 15 is 0 Å². The van der Waals surface area contributed by atoms with Gasteiger partial charge in [0, 0.05) is 18.7 Å². The van der Waals surface area contributed by atoms with E-state index in [1.807, 2.05) is 12.1 Å². The number of aromatic nitrogens is 3. The summed E-state index contributed by atoms with van der Waals surface area (Å²) in [7, 11) is 0. The summed E-state index contributed by atoms with van der Waals surface area (Å²) in [5.41, 5.74) is 1.30. The summed E-state index contributed by atoms with van der Waals surface area (Å²) < 4.78 is 8.08. The van der Waals surface area contributed by atoms with Crippen molar-refractivity contribution < 1.29 is 4.74 Å². The van der Waals surface area contributed by atoms with E-state index in [2.05, 4.69) is 53.7 Å². The molecular weight excluding hydrogens is 344 g/mol. The number of ether oxygens (including phenoxy) is 1. The SMILES string of the molecule is CCc1ccc(OCc2nnc(SCCCCC#N)n2CC(C)C)cc1. The molecule has 140 valence electrons. The number of thioether (sulfide) groups is 1. The smallest absolute Gasteiger partial charge is 0.191 e. The van der Waals surface area contributed by atoms with Crippen LogP contribution in [0.1, 0.15) is 51.4 Å². The lowest BCUT2D eigenvalue weighted by atomic mass is 10.2. The second kappa shape index (κ2) is 10.9. The molecule has 0 aliphatic carbocycles. The van der Waals surface area contributed by atoms with Gasteiger partial charge in [0.05, 0.1) is 6.07 Å². The summed E-state index contributed by atoms with van der Waals surface area (Å²) in [5.74, 6) is 3.17. The number of aryl methyl sites for hydroxylation is 1. The Hall–Kier alpha value is -2.00. The summed E-state index contributed by atoms with van der Waals surface area (Å²) in [5, 5.41) is 18.3. The van der Waals surface area contributed by atoms with Crippen LogP contribution in [0.25, 0.3) is 0 Å². The molecule has 0 aliphatic rings. The molecule has 0 saturated carbocycles. The van der Waals surface area contributed by atoms with Gasteiger partial charge in [-0.05, 0) is 42.9 Å². The molecule has 0 aliphatic heterocycles. The molecule has 1 aromatic carbocycles. The molecule has 0 N–H and O–H groups in total. The van der Waals surface area contributed by atoms with Crippen molar-refractivity contribution >= 4 is 11.8 Å². The molecule has 0 fully saturated rings. The van der Waals surface area contributed by atoms with E-state index in [1.54, 1.807) is 11.8 Å². The molecule has 26 heavy (non-hydrogen) atoms. The molecule has 0 saturated heterocycles. The lowest BCUT2D eigenvalue weighted by Gasteiger charge is -2.13. The van der Waals surface area contributed by atoms with Crippen molar-refractivity contribution in [1.82, 2.24) is 14.8 Å². The predicted octanol–water partition coefficient (Wildman–Crippen LogP) is 4.86. The maximum Gasteiger partial charge on any atom is 0.191 e. The number of hydrogen-bond acceptors (Lipinski definition) is 5. The Morgan fingerprint density at radius 2 is 1.96 bits per heavy atom. The van der Waals surface area contributed by atoms with Gasteiger partial charge in [-0.1, -0.05) is 44.7 Å². The van der Waals surface area contributed by atoms with Crippen molar-refractivity contribution in [2.24, 2.45) is 5.92 Å². The van der Waals surface area contributed by atoms with Crippen LogP contribution in [0.2, 0.25) is 0 Å². The summed E-state index contributed by atoms with van der Waals surface area (Å²) in [6, 6.07) is 10.4. The second-order valence-corrected chi connectivity index (χ2v) is 7.72.